The Kier molecular flexibility index (Phi) is 6.10. The fourth-order valence-electron chi connectivity index (χ4n) is 1.27. The Morgan fingerprint density at radius 1 is 1.33 bits per heavy atom. The standard InChI is InChI=1S/C13H20NO3P/c1-10(2)16-13(15)9-14-18(4)17-12-7-5-11(3)6-8-12/h5-8,10,14H,9H2,1-4H3. The average Bonchev–Trinajstić information content (AvgIpc) is 2.29. The van der Waals surface area contributed by atoms with Gasteiger partial charge in [0.15, 0.2) is 8.30 Å². The Balaban J connectivity index is 2.31. The first-order valence-corrected chi connectivity index (χ1v) is 7.59. The number of carbonyl (C=O) groups excluding carboxylic acids is 1. The number of hydrogen-bond acceptors (Lipinski definition) is 4. The van der Waals surface area contributed by atoms with Crippen molar-refractivity contribution in [2.45, 2.75) is 26.9 Å². The third kappa shape index (κ3) is 5.99. The zero-order valence-corrected chi connectivity index (χ0v) is 12.2. The van der Waals surface area contributed by atoms with E-state index in [4.69, 9.17) is 9.26 Å². The molecule has 4 nitrogen and oxygen atoms in total. The quantitative estimate of drug-likeness (QED) is 0.637. The molecule has 1 aromatic carbocycles. The molecule has 0 bridgehead atoms. The van der Waals surface area contributed by atoms with Crippen molar-refractivity contribution in [3.05, 3.63) is 29.8 Å². The fourth-order valence-corrected chi connectivity index (χ4v) is 2.12. The highest BCUT2D eigenvalue weighted by molar-refractivity contribution is 7.49. The fraction of sp³-hybridized carbons (Fsp3) is 0.462. The first kappa shape index (κ1) is 14.9. The monoisotopic (exact) mass is 269 g/mol. The van der Waals surface area contributed by atoms with E-state index in [2.05, 4.69) is 5.09 Å². The van der Waals surface area contributed by atoms with E-state index in [0.717, 1.165) is 5.75 Å². The van der Waals surface area contributed by atoms with Gasteiger partial charge in [-0.3, -0.25) is 9.88 Å². The van der Waals surface area contributed by atoms with E-state index in [1.807, 2.05) is 51.7 Å². The van der Waals surface area contributed by atoms with Gasteiger partial charge in [0.05, 0.1) is 6.10 Å². The van der Waals surface area contributed by atoms with Gasteiger partial charge in [0.2, 0.25) is 0 Å². The molecule has 1 unspecified atom stereocenters. The molecule has 0 aliphatic rings. The van der Waals surface area contributed by atoms with Crippen molar-refractivity contribution in [3.63, 3.8) is 0 Å². The van der Waals surface area contributed by atoms with Crippen LogP contribution in [0.1, 0.15) is 19.4 Å². The van der Waals surface area contributed by atoms with Gasteiger partial charge in [0.1, 0.15) is 12.3 Å². The van der Waals surface area contributed by atoms with E-state index < -0.39 is 8.30 Å². The lowest BCUT2D eigenvalue weighted by molar-refractivity contribution is -0.145. The van der Waals surface area contributed by atoms with Crippen LogP contribution in [0.2, 0.25) is 0 Å². The molecule has 1 rings (SSSR count). The van der Waals surface area contributed by atoms with E-state index in [-0.39, 0.29) is 18.6 Å². The van der Waals surface area contributed by atoms with Crippen LogP contribution in [0.15, 0.2) is 24.3 Å². The molecule has 0 aliphatic heterocycles. The van der Waals surface area contributed by atoms with Gasteiger partial charge in [0, 0.05) is 6.66 Å². The van der Waals surface area contributed by atoms with Crippen LogP contribution in [0.5, 0.6) is 5.75 Å². The molecule has 100 valence electrons. The molecule has 0 saturated carbocycles. The highest BCUT2D eigenvalue weighted by atomic mass is 31.2. The highest BCUT2D eigenvalue weighted by Crippen LogP contribution is 2.29. The Morgan fingerprint density at radius 3 is 2.50 bits per heavy atom. The zero-order valence-electron chi connectivity index (χ0n) is 11.3. The summed E-state index contributed by atoms with van der Waals surface area (Å²) in [4.78, 5) is 11.3. The number of ether oxygens (including phenoxy) is 1. The smallest absolute Gasteiger partial charge is 0.320 e. The molecule has 1 N–H and O–H groups in total. The number of aryl methyl sites for hydroxylation is 1. The lowest BCUT2D eigenvalue weighted by Crippen LogP contribution is -2.24. The van der Waals surface area contributed by atoms with E-state index >= 15 is 0 Å². The molecule has 18 heavy (non-hydrogen) atoms. The van der Waals surface area contributed by atoms with Crippen LogP contribution in [-0.4, -0.2) is 25.3 Å². The van der Waals surface area contributed by atoms with Gasteiger partial charge in [-0.25, -0.2) is 0 Å². The number of nitrogens with one attached hydrogen (secondary N) is 1. The van der Waals surface area contributed by atoms with Crippen LogP contribution in [0, 0.1) is 6.92 Å². The molecular formula is C13H20NO3P. The molecule has 1 aromatic rings. The number of benzene rings is 1. The maximum atomic E-state index is 11.3. The normalized spacial score (nSPS) is 12.3. The predicted octanol–water partition coefficient (Wildman–Crippen LogP) is 2.86. The van der Waals surface area contributed by atoms with Gasteiger partial charge >= 0.3 is 5.97 Å². The highest BCUT2D eigenvalue weighted by Gasteiger charge is 2.09. The molecule has 0 spiro atoms. The Bertz CT molecular complexity index is 378. The van der Waals surface area contributed by atoms with Crippen molar-refractivity contribution in [2.75, 3.05) is 13.2 Å². The average molecular weight is 269 g/mol. The Hall–Kier alpha value is -1.12. The summed E-state index contributed by atoms with van der Waals surface area (Å²) in [5.74, 6) is 0.547. The summed E-state index contributed by atoms with van der Waals surface area (Å²) in [7, 11) is -0.875. The van der Waals surface area contributed by atoms with Crippen LogP contribution in [0.25, 0.3) is 0 Å². The number of rotatable bonds is 6. The second-order valence-electron chi connectivity index (χ2n) is 4.28. The lowest BCUT2D eigenvalue weighted by Gasteiger charge is -2.15. The van der Waals surface area contributed by atoms with E-state index in [9.17, 15) is 4.79 Å². The lowest BCUT2D eigenvalue weighted by atomic mass is 10.2. The van der Waals surface area contributed by atoms with E-state index in [1.54, 1.807) is 0 Å². The van der Waals surface area contributed by atoms with Gasteiger partial charge < -0.3 is 9.26 Å². The summed E-state index contributed by atoms with van der Waals surface area (Å²) >= 11 is 0. The SMILES string of the molecule is Cc1ccc(OP(C)NCC(=O)OC(C)C)cc1. The van der Waals surface area contributed by atoms with Gasteiger partial charge in [-0.05, 0) is 32.9 Å². The molecule has 0 aliphatic carbocycles. The first-order chi connectivity index (χ1) is 8.47. The second kappa shape index (κ2) is 7.34. The number of esters is 1. The molecule has 0 heterocycles. The molecule has 0 aromatic heterocycles. The zero-order chi connectivity index (χ0) is 13.5. The van der Waals surface area contributed by atoms with Crippen LogP contribution in [0.3, 0.4) is 0 Å². The van der Waals surface area contributed by atoms with Gasteiger partial charge in [0.25, 0.3) is 0 Å². The molecule has 0 radical (unpaired) electrons. The molecule has 5 heteroatoms. The maximum Gasteiger partial charge on any atom is 0.320 e. The minimum atomic E-state index is -0.875. The molecule has 1 atom stereocenters. The second-order valence-corrected chi connectivity index (χ2v) is 5.77. The van der Waals surface area contributed by atoms with Crippen LogP contribution < -0.4 is 9.61 Å². The van der Waals surface area contributed by atoms with Crippen LogP contribution in [0.4, 0.5) is 0 Å². The number of hydrogen-bond donors (Lipinski definition) is 1. The predicted molar refractivity (Wildman–Crippen MR) is 73.9 cm³/mol. The van der Waals surface area contributed by atoms with Crippen molar-refractivity contribution in [2.24, 2.45) is 0 Å². The molecule has 0 saturated heterocycles. The van der Waals surface area contributed by atoms with Gasteiger partial charge in [-0.2, -0.15) is 0 Å². The van der Waals surface area contributed by atoms with Crippen molar-refractivity contribution in [3.8, 4) is 5.75 Å². The van der Waals surface area contributed by atoms with Crippen LogP contribution >= 0.6 is 8.30 Å². The topological polar surface area (TPSA) is 47.6 Å². The van der Waals surface area contributed by atoms with E-state index in [1.165, 1.54) is 5.56 Å². The van der Waals surface area contributed by atoms with Gasteiger partial charge in [-0.1, -0.05) is 17.7 Å². The van der Waals surface area contributed by atoms with Crippen molar-refractivity contribution in [1.29, 1.82) is 0 Å². The summed E-state index contributed by atoms with van der Waals surface area (Å²) in [5, 5.41) is 3.02. The Labute approximate surface area is 110 Å². The molecular weight excluding hydrogens is 249 g/mol. The van der Waals surface area contributed by atoms with Gasteiger partial charge in [-0.15, -0.1) is 0 Å². The summed E-state index contributed by atoms with van der Waals surface area (Å²) < 4.78 is 10.7. The number of carbonyl (C=O) groups is 1. The summed E-state index contributed by atoms with van der Waals surface area (Å²) in [5.41, 5.74) is 1.19. The summed E-state index contributed by atoms with van der Waals surface area (Å²) in [6.07, 6.45) is -0.0830. The maximum absolute atomic E-state index is 11.3. The van der Waals surface area contributed by atoms with Crippen molar-refractivity contribution in [1.82, 2.24) is 5.09 Å². The first-order valence-electron chi connectivity index (χ1n) is 5.88. The third-order valence-corrected chi connectivity index (χ3v) is 3.16. The van der Waals surface area contributed by atoms with Crippen molar-refractivity contribution >= 4 is 14.3 Å². The summed E-state index contributed by atoms with van der Waals surface area (Å²) in [6.45, 7) is 7.77. The summed E-state index contributed by atoms with van der Waals surface area (Å²) in [6, 6.07) is 7.82. The van der Waals surface area contributed by atoms with Crippen LogP contribution in [-0.2, 0) is 9.53 Å². The molecule has 0 fully saturated rings. The minimum absolute atomic E-state index is 0.0830. The largest absolute Gasteiger partial charge is 0.462 e. The Morgan fingerprint density at radius 2 is 1.94 bits per heavy atom. The third-order valence-electron chi connectivity index (χ3n) is 2.08. The molecule has 0 amide bonds. The van der Waals surface area contributed by atoms with Crippen molar-refractivity contribution < 1.29 is 14.1 Å². The van der Waals surface area contributed by atoms with E-state index in [0.29, 0.717) is 0 Å². The minimum Gasteiger partial charge on any atom is -0.462 e.